The second kappa shape index (κ2) is 3.58. The average Bonchev–Trinajstić information content (AvgIpc) is 1.85. The Balaban J connectivity index is 2.71. The minimum atomic E-state index is 0.837. The van der Waals surface area contributed by atoms with Gasteiger partial charge in [-0.1, -0.05) is 29.7 Å². The molecule has 0 aliphatic rings. The normalized spacial score (nSPS) is 10.5. The van der Waals surface area contributed by atoms with Gasteiger partial charge in [0.05, 0.1) is 0 Å². The van der Waals surface area contributed by atoms with Crippen molar-refractivity contribution in [1.82, 2.24) is 4.90 Å². The summed E-state index contributed by atoms with van der Waals surface area (Å²) in [6, 6.07) is 7.96. The molecule has 0 aromatic heterocycles. The highest BCUT2D eigenvalue weighted by Gasteiger charge is 1.93. The molecule has 0 fully saturated rings. The summed E-state index contributed by atoms with van der Waals surface area (Å²) in [5.41, 5.74) is 2.10. The zero-order chi connectivity index (χ0) is 8.27. The van der Waals surface area contributed by atoms with Crippen molar-refractivity contribution in [3.8, 4) is 0 Å². The number of nitrogens with zero attached hydrogens (tertiary/aromatic N) is 1. The summed E-state index contributed by atoms with van der Waals surface area (Å²) < 4.78 is 0. The third-order valence-electron chi connectivity index (χ3n) is 1.45. The minimum absolute atomic E-state index is 0.837. The molecule has 0 aliphatic carbocycles. The zero-order valence-corrected chi connectivity index (χ0v) is 7.04. The highest BCUT2D eigenvalue weighted by molar-refractivity contribution is 6.32. The second-order valence-corrected chi connectivity index (χ2v) is 2.98. The zero-order valence-electron chi connectivity index (χ0n) is 7.04. The monoisotopic (exact) mass is 145 g/mol. The molecule has 1 aromatic rings. The molecule has 0 N–H and O–H groups in total. The van der Waals surface area contributed by atoms with Gasteiger partial charge in [0.2, 0.25) is 0 Å². The van der Waals surface area contributed by atoms with Crippen molar-refractivity contribution in [2.45, 2.75) is 6.54 Å². The standard InChI is InChI=1S/C9H12BN/c1-11(2)7-8-4-3-5-9(10)6-8/h3-6H,7H2,1-2H3. The van der Waals surface area contributed by atoms with Gasteiger partial charge in [-0.25, -0.2) is 0 Å². The van der Waals surface area contributed by atoms with Crippen LogP contribution < -0.4 is 5.46 Å². The van der Waals surface area contributed by atoms with Crippen LogP contribution >= 0.6 is 0 Å². The molecule has 2 heteroatoms. The van der Waals surface area contributed by atoms with Gasteiger partial charge in [0.25, 0.3) is 0 Å². The van der Waals surface area contributed by atoms with Crippen molar-refractivity contribution < 1.29 is 0 Å². The van der Waals surface area contributed by atoms with Crippen LogP contribution in [0.2, 0.25) is 0 Å². The van der Waals surface area contributed by atoms with Crippen LogP contribution in [-0.4, -0.2) is 26.8 Å². The Bertz CT molecular complexity index is 233. The van der Waals surface area contributed by atoms with Gasteiger partial charge in [0.15, 0.2) is 0 Å². The molecule has 0 saturated carbocycles. The minimum Gasteiger partial charge on any atom is -0.305 e. The first kappa shape index (κ1) is 8.34. The van der Waals surface area contributed by atoms with E-state index in [9.17, 15) is 0 Å². The number of hydrogen-bond donors (Lipinski definition) is 0. The van der Waals surface area contributed by atoms with Gasteiger partial charge in [-0.15, -0.1) is 0 Å². The Morgan fingerprint density at radius 1 is 1.36 bits per heavy atom. The first-order valence-electron chi connectivity index (χ1n) is 3.67. The van der Waals surface area contributed by atoms with E-state index in [1.54, 1.807) is 0 Å². The van der Waals surface area contributed by atoms with Crippen LogP contribution in [0.3, 0.4) is 0 Å². The van der Waals surface area contributed by atoms with Crippen LogP contribution in [-0.2, 0) is 6.54 Å². The Labute approximate surface area is 69.4 Å². The molecule has 1 aromatic carbocycles. The van der Waals surface area contributed by atoms with E-state index in [1.807, 2.05) is 32.3 Å². The third-order valence-corrected chi connectivity index (χ3v) is 1.45. The number of benzene rings is 1. The molecule has 0 saturated heterocycles. The van der Waals surface area contributed by atoms with E-state index < -0.39 is 0 Å². The van der Waals surface area contributed by atoms with E-state index in [-0.39, 0.29) is 0 Å². The molecule has 1 rings (SSSR count). The van der Waals surface area contributed by atoms with Gasteiger partial charge in [-0.05, 0) is 19.7 Å². The molecule has 0 heterocycles. The van der Waals surface area contributed by atoms with Crippen LogP contribution in [0.25, 0.3) is 0 Å². The largest absolute Gasteiger partial charge is 0.305 e. The molecule has 0 aliphatic heterocycles. The fourth-order valence-corrected chi connectivity index (χ4v) is 1.06. The predicted molar refractivity (Wildman–Crippen MR) is 49.2 cm³/mol. The molecule has 56 valence electrons. The number of rotatable bonds is 2. The summed E-state index contributed by atoms with van der Waals surface area (Å²) in [5, 5.41) is 0. The van der Waals surface area contributed by atoms with Crippen LogP contribution in [0.4, 0.5) is 0 Å². The maximum Gasteiger partial charge on any atom is 0.113 e. The summed E-state index contributed by atoms with van der Waals surface area (Å²) >= 11 is 0. The number of hydrogen-bond acceptors (Lipinski definition) is 1. The first-order valence-corrected chi connectivity index (χ1v) is 3.67. The van der Waals surface area contributed by atoms with Crippen molar-refractivity contribution in [3.05, 3.63) is 29.8 Å². The lowest BCUT2D eigenvalue weighted by molar-refractivity contribution is 0.402. The predicted octanol–water partition coefficient (Wildman–Crippen LogP) is 0.542. The summed E-state index contributed by atoms with van der Waals surface area (Å²) in [5.74, 6) is 0. The van der Waals surface area contributed by atoms with E-state index in [2.05, 4.69) is 11.0 Å². The van der Waals surface area contributed by atoms with Crippen molar-refractivity contribution in [2.75, 3.05) is 14.1 Å². The topological polar surface area (TPSA) is 3.24 Å². The lowest BCUT2D eigenvalue weighted by Crippen LogP contribution is -2.12. The SMILES string of the molecule is [B]c1cccc(CN(C)C)c1. The van der Waals surface area contributed by atoms with Gasteiger partial charge < -0.3 is 4.90 Å². The average molecular weight is 145 g/mol. The van der Waals surface area contributed by atoms with E-state index >= 15 is 0 Å². The molecule has 2 radical (unpaired) electrons. The van der Waals surface area contributed by atoms with Crippen LogP contribution in [0.15, 0.2) is 24.3 Å². The molecular weight excluding hydrogens is 133 g/mol. The third kappa shape index (κ3) is 2.77. The van der Waals surface area contributed by atoms with Gasteiger partial charge in [0.1, 0.15) is 7.85 Å². The fourth-order valence-electron chi connectivity index (χ4n) is 1.06. The fraction of sp³-hybridized carbons (Fsp3) is 0.333. The molecule has 0 bridgehead atoms. The first-order chi connectivity index (χ1) is 5.18. The smallest absolute Gasteiger partial charge is 0.113 e. The van der Waals surface area contributed by atoms with E-state index in [0.29, 0.717) is 0 Å². The van der Waals surface area contributed by atoms with E-state index in [1.165, 1.54) is 5.56 Å². The molecule has 0 unspecified atom stereocenters. The van der Waals surface area contributed by atoms with Crippen LogP contribution in [0.1, 0.15) is 5.56 Å². The molecule has 0 spiro atoms. The van der Waals surface area contributed by atoms with Crippen molar-refractivity contribution in [2.24, 2.45) is 0 Å². The summed E-state index contributed by atoms with van der Waals surface area (Å²) in [6.45, 7) is 0.949. The van der Waals surface area contributed by atoms with Crippen molar-refractivity contribution in [3.63, 3.8) is 0 Å². The second-order valence-electron chi connectivity index (χ2n) is 2.98. The lowest BCUT2D eigenvalue weighted by Gasteiger charge is -2.09. The quantitative estimate of drug-likeness (QED) is 0.549. The van der Waals surface area contributed by atoms with Gasteiger partial charge in [-0.3, -0.25) is 0 Å². The maximum atomic E-state index is 5.62. The maximum absolute atomic E-state index is 5.62. The van der Waals surface area contributed by atoms with Gasteiger partial charge in [0, 0.05) is 6.54 Å². The summed E-state index contributed by atoms with van der Waals surface area (Å²) in [4.78, 5) is 2.12. The van der Waals surface area contributed by atoms with Crippen LogP contribution in [0.5, 0.6) is 0 Å². The molecule has 11 heavy (non-hydrogen) atoms. The Kier molecular flexibility index (Phi) is 2.72. The van der Waals surface area contributed by atoms with Gasteiger partial charge in [-0.2, -0.15) is 0 Å². The summed E-state index contributed by atoms with van der Waals surface area (Å²) in [6.07, 6.45) is 0. The van der Waals surface area contributed by atoms with E-state index in [0.717, 1.165) is 12.0 Å². The lowest BCUT2D eigenvalue weighted by atomic mass is 9.94. The van der Waals surface area contributed by atoms with Crippen LogP contribution in [0, 0.1) is 0 Å². The Morgan fingerprint density at radius 3 is 2.64 bits per heavy atom. The molecular formula is C9H12BN. The molecule has 1 nitrogen and oxygen atoms in total. The van der Waals surface area contributed by atoms with Crippen molar-refractivity contribution in [1.29, 1.82) is 0 Å². The van der Waals surface area contributed by atoms with Crippen molar-refractivity contribution >= 4 is 13.3 Å². The highest BCUT2D eigenvalue weighted by Crippen LogP contribution is 1.98. The van der Waals surface area contributed by atoms with E-state index in [4.69, 9.17) is 7.85 Å². The van der Waals surface area contributed by atoms with Gasteiger partial charge >= 0.3 is 0 Å². The highest BCUT2D eigenvalue weighted by atomic mass is 15.0. The molecule has 0 atom stereocenters. The Morgan fingerprint density at radius 2 is 2.09 bits per heavy atom. The summed E-state index contributed by atoms with van der Waals surface area (Å²) in [7, 11) is 9.71. The molecule has 0 amide bonds. The Hall–Kier alpha value is -0.755.